The van der Waals surface area contributed by atoms with Gasteiger partial charge in [0, 0.05) is 18.2 Å². The summed E-state index contributed by atoms with van der Waals surface area (Å²) in [6.07, 6.45) is -0.268. The van der Waals surface area contributed by atoms with Gasteiger partial charge in [0.2, 0.25) is 0 Å². The van der Waals surface area contributed by atoms with Gasteiger partial charge >= 0.3 is 6.18 Å². The van der Waals surface area contributed by atoms with Crippen LogP contribution in [0.2, 0.25) is 0 Å². The second kappa shape index (κ2) is 4.78. The van der Waals surface area contributed by atoms with E-state index in [2.05, 4.69) is 4.98 Å². The van der Waals surface area contributed by atoms with E-state index in [-0.39, 0.29) is 17.8 Å². The maximum atomic E-state index is 12.3. The summed E-state index contributed by atoms with van der Waals surface area (Å²) in [7, 11) is 0. The van der Waals surface area contributed by atoms with E-state index in [1.807, 2.05) is 0 Å². The van der Waals surface area contributed by atoms with Gasteiger partial charge in [-0.1, -0.05) is 12.2 Å². The first-order valence-electron chi connectivity index (χ1n) is 4.38. The highest BCUT2D eigenvalue weighted by molar-refractivity contribution is 5.64. The van der Waals surface area contributed by atoms with E-state index < -0.39 is 11.7 Å². The van der Waals surface area contributed by atoms with Crippen LogP contribution in [0.15, 0.2) is 18.3 Å². The topological polar surface area (TPSA) is 56.0 Å². The van der Waals surface area contributed by atoms with Crippen LogP contribution in [0.3, 0.4) is 0 Å². The zero-order valence-corrected chi connectivity index (χ0v) is 8.16. The lowest BCUT2D eigenvalue weighted by molar-refractivity contribution is -0.137. The molecule has 0 amide bonds. The van der Waals surface area contributed by atoms with Crippen molar-refractivity contribution < 1.29 is 18.0 Å². The zero-order chi connectivity index (χ0) is 12.2. The molecule has 0 saturated carbocycles. The molecule has 1 rings (SSSR count). The van der Waals surface area contributed by atoms with Crippen molar-refractivity contribution in [3.63, 3.8) is 0 Å². The normalized spacial score (nSPS) is 11.9. The maximum Gasteiger partial charge on any atom is 0.417 e. The molecule has 0 radical (unpaired) electrons. The number of anilines is 1. The summed E-state index contributed by atoms with van der Waals surface area (Å²) in [4.78, 5) is 13.5. The number of aldehydes is 1. The fourth-order valence-corrected chi connectivity index (χ4v) is 1.03. The number of nitrogen functional groups attached to an aromatic ring is 1. The Bertz CT molecular complexity index is 413. The fourth-order valence-electron chi connectivity index (χ4n) is 1.03. The molecule has 0 unspecified atom stereocenters. The highest BCUT2D eigenvalue weighted by atomic mass is 19.4. The average Bonchev–Trinajstić information content (AvgIpc) is 2.19. The van der Waals surface area contributed by atoms with Gasteiger partial charge in [-0.15, -0.1) is 0 Å². The molecule has 1 aromatic rings. The number of pyridine rings is 1. The Balaban J connectivity index is 3.04. The quantitative estimate of drug-likeness (QED) is 0.810. The van der Waals surface area contributed by atoms with E-state index in [1.54, 1.807) is 0 Å². The van der Waals surface area contributed by atoms with E-state index in [0.29, 0.717) is 12.5 Å². The Morgan fingerprint density at radius 3 is 2.69 bits per heavy atom. The molecule has 0 bridgehead atoms. The van der Waals surface area contributed by atoms with Crippen molar-refractivity contribution in [2.45, 2.75) is 12.6 Å². The number of carbonyl (C=O) groups excluding carboxylic acids is 1. The van der Waals surface area contributed by atoms with Crippen LogP contribution in [0.25, 0.3) is 6.08 Å². The molecule has 0 saturated heterocycles. The molecular formula is C10H9F3N2O. The van der Waals surface area contributed by atoms with Crippen molar-refractivity contribution in [3.05, 3.63) is 29.5 Å². The van der Waals surface area contributed by atoms with Gasteiger partial charge in [-0.25, -0.2) is 4.98 Å². The van der Waals surface area contributed by atoms with Gasteiger partial charge < -0.3 is 10.5 Å². The van der Waals surface area contributed by atoms with Crippen LogP contribution in [0, 0.1) is 0 Å². The molecule has 0 aliphatic carbocycles. The minimum Gasteiger partial charge on any atom is -0.383 e. The van der Waals surface area contributed by atoms with Gasteiger partial charge in [-0.3, -0.25) is 0 Å². The number of alkyl halides is 3. The molecule has 0 aliphatic rings. The Kier molecular flexibility index (Phi) is 3.65. The number of nitrogens with two attached hydrogens (primary N) is 1. The van der Waals surface area contributed by atoms with Crippen molar-refractivity contribution >= 4 is 18.2 Å². The van der Waals surface area contributed by atoms with Gasteiger partial charge in [0.15, 0.2) is 0 Å². The summed E-state index contributed by atoms with van der Waals surface area (Å²) < 4.78 is 37.0. The molecule has 0 aromatic carbocycles. The number of allylic oxidation sites excluding steroid dienone is 1. The third-order valence-electron chi connectivity index (χ3n) is 1.81. The first kappa shape index (κ1) is 12.2. The number of nitrogens with zero attached hydrogens (tertiary/aromatic N) is 1. The largest absolute Gasteiger partial charge is 0.417 e. The molecule has 0 fully saturated rings. The van der Waals surface area contributed by atoms with Crippen molar-refractivity contribution in [2.75, 3.05) is 5.73 Å². The molecule has 86 valence electrons. The fraction of sp³-hybridized carbons (Fsp3) is 0.200. The molecule has 0 aliphatic heterocycles. The number of rotatable bonds is 3. The molecule has 0 spiro atoms. The number of carbonyl (C=O) groups is 1. The second-order valence-corrected chi connectivity index (χ2v) is 3.00. The standard InChI is InChI=1S/C10H9F3N2O/c11-10(12,13)8-5-7(3-1-2-4-16)9(14)15-6-8/h1,3-6H,2H2,(H2,14,15). The molecule has 2 N–H and O–H groups in total. The average molecular weight is 230 g/mol. The van der Waals surface area contributed by atoms with Crippen molar-refractivity contribution in [1.82, 2.24) is 4.98 Å². The minimum atomic E-state index is -4.45. The number of aromatic nitrogens is 1. The Morgan fingerprint density at radius 1 is 1.44 bits per heavy atom. The second-order valence-electron chi connectivity index (χ2n) is 3.00. The third-order valence-corrected chi connectivity index (χ3v) is 1.81. The minimum absolute atomic E-state index is 0.00449. The molecule has 1 aromatic heterocycles. The van der Waals surface area contributed by atoms with E-state index in [9.17, 15) is 18.0 Å². The molecule has 16 heavy (non-hydrogen) atoms. The van der Waals surface area contributed by atoms with Crippen LogP contribution < -0.4 is 5.73 Å². The summed E-state index contributed by atoms with van der Waals surface area (Å²) in [5.74, 6) is -0.00449. The smallest absolute Gasteiger partial charge is 0.383 e. The van der Waals surface area contributed by atoms with Crippen LogP contribution in [0.1, 0.15) is 17.5 Å². The summed E-state index contributed by atoms with van der Waals surface area (Å²) in [5.41, 5.74) is 4.68. The van der Waals surface area contributed by atoms with Crippen molar-refractivity contribution in [1.29, 1.82) is 0 Å². The van der Waals surface area contributed by atoms with Crippen molar-refractivity contribution in [2.24, 2.45) is 0 Å². The first-order chi connectivity index (χ1) is 7.45. The van der Waals surface area contributed by atoms with Gasteiger partial charge in [0.25, 0.3) is 0 Å². The predicted molar refractivity (Wildman–Crippen MR) is 53.4 cm³/mol. The van der Waals surface area contributed by atoms with E-state index in [4.69, 9.17) is 5.73 Å². The van der Waals surface area contributed by atoms with Crippen LogP contribution in [0.4, 0.5) is 19.0 Å². The monoisotopic (exact) mass is 230 g/mol. The van der Waals surface area contributed by atoms with Gasteiger partial charge in [-0.2, -0.15) is 13.2 Å². The lowest BCUT2D eigenvalue weighted by atomic mass is 10.1. The Morgan fingerprint density at radius 2 is 2.12 bits per heavy atom. The van der Waals surface area contributed by atoms with Crippen LogP contribution in [0.5, 0.6) is 0 Å². The molecule has 3 nitrogen and oxygen atoms in total. The Labute approximate surface area is 89.8 Å². The summed E-state index contributed by atoms with van der Waals surface area (Å²) >= 11 is 0. The lowest BCUT2D eigenvalue weighted by Crippen LogP contribution is -2.07. The highest BCUT2D eigenvalue weighted by Crippen LogP contribution is 2.30. The van der Waals surface area contributed by atoms with Gasteiger partial charge in [0.1, 0.15) is 12.1 Å². The summed E-state index contributed by atoms with van der Waals surface area (Å²) in [5, 5.41) is 0. The van der Waals surface area contributed by atoms with Crippen molar-refractivity contribution in [3.8, 4) is 0 Å². The first-order valence-corrected chi connectivity index (χ1v) is 4.38. The highest BCUT2D eigenvalue weighted by Gasteiger charge is 2.31. The SMILES string of the molecule is Nc1ncc(C(F)(F)F)cc1C=CCC=O. The summed E-state index contributed by atoms with van der Waals surface area (Å²) in [6.45, 7) is 0. The lowest BCUT2D eigenvalue weighted by Gasteiger charge is -2.07. The van der Waals surface area contributed by atoms with E-state index >= 15 is 0 Å². The molecule has 1 heterocycles. The number of halogens is 3. The molecule has 0 atom stereocenters. The van der Waals surface area contributed by atoms with Crippen LogP contribution in [-0.2, 0) is 11.0 Å². The summed E-state index contributed by atoms with van der Waals surface area (Å²) in [6, 6.07) is 0.892. The zero-order valence-electron chi connectivity index (χ0n) is 8.16. The van der Waals surface area contributed by atoms with E-state index in [1.165, 1.54) is 12.2 Å². The molecule has 6 heteroatoms. The molecular weight excluding hydrogens is 221 g/mol. The predicted octanol–water partition coefficient (Wildman–Crippen LogP) is 2.28. The van der Waals surface area contributed by atoms with Gasteiger partial charge in [0.05, 0.1) is 5.56 Å². The Hall–Kier alpha value is -1.85. The van der Waals surface area contributed by atoms with E-state index in [0.717, 1.165) is 6.07 Å². The van der Waals surface area contributed by atoms with Crippen LogP contribution in [-0.4, -0.2) is 11.3 Å². The number of hydrogen-bond acceptors (Lipinski definition) is 3. The third kappa shape index (κ3) is 3.08. The number of hydrogen-bond donors (Lipinski definition) is 1. The maximum absolute atomic E-state index is 12.3. The van der Waals surface area contributed by atoms with Gasteiger partial charge in [-0.05, 0) is 6.07 Å². The van der Waals surface area contributed by atoms with Crippen LogP contribution >= 0.6 is 0 Å².